The van der Waals surface area contributed by atoms with Crippen LogP contribution in [0.2, 0.25) is 0 Å². The second-order valence-electron chi connectivity index (χ2n) is 7.67. The largest absolute Gasteiger partial charge is 0.485 e. The number of aryl methyl sites for hydroxylation is 2. The van der Waals surface area contributed by atoms with Crippen LogP contribution in [0.3, 0.4) is 0 Å². The summed E-state index contributed by atoms with van der Waals surface area (Å²) in [4.78, 5) is 17.6. The van der Waals surface area contributed by atoms with Gasteiger partial charge in [0.15, 0.2) is 11.4 Å². The number of benzene rings is 1. The van der Waals surface area contributed by atoms with E-state index in [1.807, 2.05) is 0 Å². The van der Waals surface area contributed by atoms with Crippen molar-refractivity contribution in [3.8, 4) is 5.75 Å². The van der Waals surface area contributed by atoms with Crippen molar-refractivity contribution >= 4 is 11.6 Å². The number of halogens is 2. The predicted molar refractivity (Wildman–Crippen MR) is 112 cm³/mol. The number of fused-ring (bicyclic) bond motifs is 1. The molecule has 0 saturated carbocycles. The van der Waals surface area contributed by atoms with Crippen LogP contribution < -0.4 is 10.1 Å². The summed E-state index contributed by atoms with van der Waals surface area (Å²) < 4.78 is 40.4. The minimum Gasteiger partial charge on any atom is -0.485 e. The van der Waals surface area contributed by atoms with E-state index in [1.165, 1.54) is 10.5 Å². The van der Waals surface area contributed by atoms with Gasteiger partial charge < -0.3 is 19.6 Å². The normalized spacial score (nSPS) is 13.2. The second kappa shape index (κ2) is 8.58. The molecule has 0 aliphatic rings. The number of aliphatic hydroxyl groups is 1. The summed E-state index contributed by atoms with van der Waals surface area (Å²) in [5.41, 5.74) is -0.692. The number of hydrogen-bond acceptors (Lipinski definition) is 7. The van der Waals surface area contributed by atoms with E-state index < -0.39 is 29.7 Å². The lowest BCUT2D eigenvalue weighted by molar-refractivity contribution is 0.0803. The molecule has 3 aromatic heterocycles. The summed E-state index contributed by atoms with van der Waals surface area (Å²) in [6.45, 7) is 3.94. The van der Waals surface area contributed by atoms with E-state index in [0.29, 0.717) is 5.69 Å². The van der Waals surface area contributed by atoms with Crippen LogP contribution in [-0.2, 0) is 12.1 Å². The van der Waals surface area contributed by atoms with Crippen molar-refractivity contribution in [2.24, 2.45) is 0 Å². The van der Waals surface area contributed by atoms with Crippen molar-refractivity contribution in [3.05, 3.63) is 76.9 Å². The van der Waals surface area contributed by atoms with E-state index >= 15 is 0 Å². The maximum atomic E-state index is 13.9. The zero-order valence-corrected chi connectivity index (χ0v) is 18.1. The lowest BCUT2D eigenvalue weighted by Gasteiger charge is -2.24. The average molecular weight is 457 g/mol. The Kier molecular flexibility index (Phi) is 5.81. The van der Waals surface area contributed by atoms with Crippen molar-refractivity contribution in [3.63, 3.8) is 0 Å². The van der Waals surface area contributed by atoms with Gasteiger partial charge >= 0.3 is 0 Å². The summed E-state index contributed by atoms with van der Waals surface area (Å²) in [6.07, 6.45) is 1.61. The first-order valence-corrected chi connectivity index (χ1v) is 10.0. The molecule has 4 rings (SSSR count). The quantitative estimate of drug-likeness (QED) is 0.439. The van der Waals surface area contributed by atoms with Gasteiger partial charge in [0.05, 0.1) is 17.9 Å². The Hall–Kier alpha value is -3.86. The number of amides is 1. The van der Waals surface area contributed by atoms with Gasteiger partial charge in [-0.3, -0.25) is 9.20 Å². The highest BCUT2D eigenvalue weighted by Gasteiger charge is 2.35. The van der Waals surface area contributed by atoms with Gasteiger partial charge in [-0.1, -0.05) is 6.07 Å². The maximum absolute atomic E-state index is 13.9. The highest BCUT2D eigenvalue weighted by molar-refractivity contribution is 5.95. The van der Waals surface area contributed by atoms with Crippen LogP contribution in [0, 0.1) is 25.5 Å². The predicted octanol–water partition coefficient (Wildman–Crippen LogP) is 2.83. The molecule has 0 spiro atoms. The molecular formula is C22H21F2N5O4. The number of carbonyl (C=O) groups excluding carboxylic acids is 1. The third kappa shape index (κ3) is 4.14. The standard InChI is InChI=1S/C22H21F2N5O4/c1-12-18(20(31)26-22(3,11-30)21-28-27-13(2)33-21)29-9-5-8-17(19(29)25-12)32-10-14-15(23)6-4-7-16(14)24/h4-9,30H,10-11H2,1-3H3,(H,26,31)/t22-/m1/s1. The topological polar surface area (TPSA) is 115 Å². The first kappa shape index (κ1) is 22.3. The molecule has 1 aromatic carbocycles. The Morgan fingerprint density at radius 1 is 1.21 bits per heavy atom. The second-order valence-corrected chi connectivity index (χ2v) is 7.67. The molecule has 0 bridgehead atoms. The first-order valence-electron chi connectivity index (χ1n) is 10.0. The number of rotatable bonds is 7. The Bertz CT molecular complexity index is 1320. The van der Waals surface area contributed by atoms with Crippen LogP contribution >= 0.6 is 0 Å². The molecule has 0 aliphatic heterocycles. The Morgan fingerprint density at radius 3 is 2.58 bits per heavy atom. The molecule has 0 saturated heterocycles. The van der Waals surface area contributed by atoms with Crippen LogP contribution in [0.15, 0.2) is 40.9 Å². The van der Waals surface area contributed by atoms with Crippen molar-refractivity contribution < 1.29 is 27.8 Å². The van der Waals surface area contributed by atoms with Crippen molar-refractivity contribution in [1.82, 2.24) is 24.9 Å². The molecule has 0 unspecified atom stereocenters. The number of ether oxygens (including phenoxy) is 1. The SMILES string of the molecule is Cc1nnc([C@@](C)(CO)NC(=O)c2c(C)nc3c(OCc4c(F)cccc4F)cccn23)o1. The minimum atomic E-state index is -1.33. The molecule has 3 heterocycles. The van der Waals surface area contributed by atoms with Crippen LogP contribution in [0.25, 0.3) is 5.65 Å². The zero-order valence-electron chi connectivity index (χ0n) is 18.1. The number of nitrogens with one attached hydrogen (secondary N) is 1. The molecule has 1 amide bonds. The van der Waals surface area contributed by atoms with E-state index in [9.17, 15) is 18.7 Å². The molecule has 0 aliphatic carbocycles. The van der Waals surface area contributed by atoms with E-state index in [2.05, 4.69) is 20.5 Å². The Labute approximate surface area is 187 Å². The van der Waals surface area contributed by atoms with E-state index in [0.717, 1.165) is 12.1 Å². The van der Waals surface area contributed by atoms with Crippen molar-refractivity contribution in [2.75, 3.05) is 6.61 Å². The van der Waals surface area contributed by atoms with Crippen LogP contribution in [0.1, 0.15) is 40.5 Å². The van der Waals surface area contributed by atoms with E-state index in [4.69, 9.17) is 9.15 Å². The van der Waals surface area contributed by atoms with Crippen molar-refractivity contribution in [2.45, 2.75) is 32.9 Å². The monoisotopic (exact) mass is 457 g/mol. The molecule has 2 N–H and O–H groups in total. The summed E-state index contributed by atoms with van der Waals surface area (Å²) in [5, 5.41) is 20.2. The molecule has 0 radical (unpaired) electrons. The third-order valence-corrected chi connectivity index (χ3v) is 5.14. The lowest BCUT2D eigenvalue weighted by atomic mass is 10.0. The Balaban J connectivity index is 1.64. The molecule has 1 atom stereocenters. The van der Waals surface area contributed by atoms with E-state index in [-0.39, 0.29) is 41.0 Å². The zero-order chi connectivity index (χ0) is 23.8. The number of carbonyl (C=O) groups is 1. The fourth-order valence-electron chi connectivity index (χ4n) is 3.35. The third-order valence-electron chi connectivity index (χ3n) is 5.14. The number of imidazole rings is 1. The number of aliphatic hydroxyl groups excluding tert-OH is 1. The van der Waals surface area contributed by atoms with Gasteiger partial charge in [-0.05, 0) is 38.1 Å². The smallest absolute Gasteiger partial charge is 0.271 e. The van der Waals surface area contributed by atoms with Crippen LogP contribution in [0.5, 0.6) is 5.75 Å². The molecule has 33 heavy (non-hydrogen) atoms. The highest BCUT2D eigenvalue weighted by Crippen LogP contribution is 2.25. The summed E-state index contributed by atoms with van der Waals surface area (Å²) in [6, 6.07) is 6.76. The molecule has 4 aromatic rings. The maximum Gasteiger partial charge on any atom is 0.271 e. The summed E-state index contributed by atoms with van der Waals surface area (Å²) in [5.74, 6) is -1.41. The van der Waals surface area contributed by atoms with Gasteiger partial charge in [-0.2, -0.15) is 0 Å². The van der Waals surface area contributed by atoms with Crippen molar-refractivity contribution in [1.29, 1.82) is 0 Å². The van der Waals surface area contributed by atoms with Gasteiger partial charge in [0.2, 0.25) is 11.8 Å². The highest BCUT2D eigenvalue weighted by atomic mass is 19.1. The Morgan fingerprint density at radius 2 is 1.94 bits per heavy atom. The number of nitrogens with zero attached hydrogens (tertiary/aromatic N) is 4. The summed E-state index contributed by atoms with van der Waals surface area (Å²) in [7, 11) is 0. The lowest BCUT2D eigenvalue weighted by Crippen LogP contribution is -2.47. The fraction of sp³-hybridized carbons (Fsp3) is 0.273. The van der Waals surface area contributed by atoms with Gasteiger partial charge in [-0.15, -0.1) is 10.2 Å². The van der Waals surface area contributed by atoms with Crippen LogP contribution in [-0.4, -0.2) is 37.2 Å². The van der Waals surface area contributed by atoms with Gasteiger partial charge in [-0.25, -0.2) is 13.8 Å². The average Bonchev–Trinajstić information content (AvgIpc) is 3.36. The van der Waals surface area contributed by atoms with Gasteiger partial charge in [0.25, 0.3) is 5.91 Å². The first-order chi connectivity index (χ1) is 15.7. The molecule has 172 valence electrons. The van der Waals surface area contributed by atoms with E-state index in [1.54, 1.807) is 39.1 Å². The fourth-order valence-corrected chi connectivity index (χ4v) is 3.35. The summed E-state index contributed by atoms with van der Waals surface area (Å²) >= 11 is 0. The minimum absolute atomic E-state index is 0.0539. The molecule has 9 nitrogen and oxygen atoms in total. The molecular weight excluding hydrogens is 436 g/mol. The molecule has 11 heteroatoms. The van der Waals surface area contributed by atoms with Crippen LogP contribution in [0.4, 0.5) is 8.78 Å². The number of aromatic nitrogens is 4. The number of hydrogen-bond donors (Lipinski definition) is 2. The van der Waals surface area contributed by atoms with Gasteiger partial charge in [0, 0.05) is 13.1 Å². The molecule has 0 fully saturated rings. The van der Waals surface area contributed by atoms with Gasteiger partial charge in [0.1, 0.15) is 29.5 Å². The number of pyridine rings is 1.